The lowest BCUT2D eigenvalue weighted by Crippen LogP contribution is -2.65. The molecule has 0 saturated carbocycles. The molecule has 14 rings (SSSR count). The van der Waals surface area contributed by atoms with Crippen molar-refractivity contribution in [2.24, 2.45) is 11.7 Å². The van der Waals surface area contributed by atoms with Crippen LogP contribution in [0.25, 0.3) is 17.2 Å². The third-order valence-electron chi connectivity index (χ3n) is 21.6. The second-order valence-electron chi connectivity index (χ2n) is 31.2. The van der Waals surface area contributed by atoms with E-state index in [2.05, 4.69) is 63.7 Å². The van der Waals surface area contributed by atoms with E-state index in [9.17, 15) is 75.2 Å². The molecular weight excluding hydrogens is 1730 g/mol. The van der Waals surface area contributed by atoms with Crippen LogP contribution in [0.3, 0.4) is 0 Å². The number of anilines is 1. The summed E-state index contributed by atoms with van der Waals surface area (Å²) in [4.78, 5) is 150. The van der Waals surface area contributed by atoms with Crippen LogP contribution in [0.1, 0.15) is 117 Å². The van der Waals surface area contributed by atoms with Gasteiger partial charge in [-0.3, -0.25) is 53.1 Å². The van der Waals surface area contributed by atoms with E-state index in [0.29, 0.717) is 10.6 Å². The average Bonchev–Trinajstić information content (AvgIpc) is 0.767. The third-order valence-corrected chi connectivity index (χ3v) is 22.5. The van der Waals surface area contributed by atoms with Crippen LogP contribution in [0, 0.1) is 17.2 Å². The van der Waals surface area contributed by atoms with Gasteiger partial charge < -0.3 is 128 Å². The number of nitriles is 1. The Morgan fingerprint density at radius 3 is 2.03 bits per heavy atom. The SMILES string of the molecule is CN[C@H](CC(C)C)C(=O)N[C@H]1C(=O)N[C@@H](CC(N)=O)C(=O)N[C@H]2C(=O)N[C@H]3C(=O)N[C@H](C(=O)N[C@@H](C(=O)NNCCC#N)c4cc(O)cc(O)c4-c4cc3ccc4O)[C@H](O)c3ccc(c(Cl)c3)Oc3cc2cc(c3O[C@@H]2O[C@H](CO)[C@@H](O)[C@H](O)[C@H]2O[C@H]2C[C@](C)(NCCn3ccc(NC(=O)/C=C/c4ccc(Cl)cc4)nc3=O)[C@H](O)[C@H](C)O2)Oc2ccc(cc2Cl)[C@H]1O. The number of carbonyl (C=O) groups is 9. The summed E-state index contributed by atoms with van der Waals surface area (Å²) in [6.07, 6.45) is -15.6. The summed E-state index contributed by atoms with van der Waals surface area (Å²) in [6, 6.07) is 9.39. The van der Waals surface area contributed by atoms with Crippen LogP contribution in [0.15, 0.2) is 126 Å². The molecular formula is C84H92Cl3N15O25. The highest BCUT2D eigenvalue weighted by Gasteiger charge is 2.52. The molecule has 18 atom stereocenters. The molecule has 127 heavy (non-hydrogen) atoms. The number of hydrogen-bond acceptors (Lipinski definition) is 30. The Morgan fingerprint density at radius 1 is 0.740 bits per heavy atom. The van der Waals surface area contributed by atoms with Gasteiger partial charge in [-0.2, -0.15) is 10.2 Å². The Bertz CT molecular complexity index is 5490. The van der Waals surface area contributed by atoms with Gasteiger partial charge in [0.05, 0.1) is 47.4 Å². The van der Waals surface area contributed by atoms with E-state index in [1.165, 1.54) is 55.1 Å². The van der Waals surface area contributed by atoms with E-state index in [0.717, 1.165) is 66.7 Å². The van der Waals surface area contributed by atoms with E-state index < -0.39 is 254 Å². The number of fused-ring (bicyclic) bond motifs is 15. The quantitative estimate of drug-likeness (QED) is 0.0246. The normalized spacial score (nSPS) is 25.7. The van der Waals surface area contributed by atoms with Gasteiger partial charge >= 0.3 is 5.69 Å². The number of ether oxygens (including phenoxy) is 6. The van der Waals surface area contributed by atoms with Gasteiger partial charge in [0.25, 0.3) is 5.91 Å². The second kappa shape index (κ2) is 40.7. The van der Waals surface area contributed by atoms with Crippen molar-refractivity contribution in [3.8, 4) is 63.2 Å². The van der Waals surface area contributed by atoms with Crippen molar-refractivity contribution in [2.75, 3.05) is 32.1 Å². The Hall–Kier alpha value is -12.2. The number of aromatic hydroxyl groups is 3. The van der Waals surface area contributed by atoms with Crippen molar-refractivity contribution in [1.29, 1.82) is 5.26 Å². The lowest BCUT2D eigenvalue weighted by atomic mass is 9.85. The summed E-state index contributed by atoms with van der Waals surface area (Å²) in [5.74, 6) is -16.2. The van der Waals surface area contributed by atoms with Crippen molar-refractivity contribution in [3.05, 3.63) is 180 Å². The van der Waals surface area contributed by atoms with Gasteiger partial charge in [-0.25, -0.2) is 10.2 Å². The van der Waals surface area contributed by atoms with Crippen LogP contribution in [0.2, 0.25) is 15.1 Å². The highest BCUT2D eigenvalue weighted by Crippen LogP contribution is 2.50. The number of rotatable bonds is 23. The van der Waals surface area contributed by atoms with Crippen molar-refractivity contribution in [1.82, 2.24) is 62.9 Å². The van der Waals surface area contributed by atoms with Gasteiger partial charge in [-0.1, -0.05) is 79.0 Å². The number of likely N-dealkylation sites (N-methyl/N-ethyl adjacent to an activating group) is 1. The van der Waals surface area contributed by atoms with Gasteiger partial charge in [0, 0.05) is 72.5 Å². The Labute approximate surface area is 738 Å². The van der Waals surface area contributed by atoms with Crippen LogP contribution in [-0.2, 0) is 63.9 Å². The number of primary amides is 1. The molecule has 6 aromatic carbocycles. The first-order valence-electron chi connectivity index (χ1n) is 39.8. The maximum atomic E-state index is 16.3. The number of phenols is 3. The largest absolute Gasteiger partial charge is 0.508 e. The van der Waals surface area contributed by atoms with E-state index in [1.807, 2.05) is 19.9 Å². The standard InChI is InChI=1S/C84H92Cl3N15O25/c1-36(2)25-49(90-5)75(114)99-66-68(109)40-11-16-53(47(86)27-40)123-55-29-42-30-56(72(55)127-82-73(71(112)70(111)57(35-103)125-82)126-61-34-84(4,74(113)37(3)122-61)91-22-24-102-23-19-59(95-83(102)121)94-60(108)18-9-38-7-13-43(85)14-8-38)124-54-17-12-41(28-48(54)87)69(110)67-80(119)98-65(81(120)101-92-21-6-20-88)46-31-44(104)32-52(106)62(46)45-26-39(10-15-51(45)105)63(77(116)100-67)97-78(117)64(42)96-76(115)50(33-58(89)107)93-79(66)118/h7-19,23,26-32,36-37,49-50,57,61,63-71,73-74,82,90-92,103-106,109-113H,6,21-22,24-25,33-35H2,1-5H3,(H2,89,107)(H,93,118)(H,96,115)(H,97,117)(H,98,119)(H,99,114)(H,100,116)(H,101,120)(H,94,95,108,121)/b18-9+/t37-,49+,50-,57+,61-,63+,64+,65+,66+,67-,68+,69+,70+,71-,73+,74+,82-,84-/m0/s1. The average molecular weight is 1820 g/mol. The fourth-order valence-corrected chi connectivity index (χ4v) is 15.6. The summed E-state index contributed by atoms with van der Waals surface area (Å²) in [6.45, 7) is 5.42. The highest BCUT2D eigenvalue weighted by molar-refractivity contribution is 6.32. The van der Waals surface area contributed by atoms with Gasteiger partial charge in [0.2, 0.25) is 59.3 Å². The number of nitrogens with zero attached hydrogens (tertiary/aromatic N) is 3. The molecule has 2 fully saturated rings. The molecule has 7 aromatic rings. The second-order valence-corrected chi connectivity index (χ2v) is 32.5. The zero-order chi connectivity index (χ0) is 91.7. The molecule has 2 saturated heterocycles. The number of amides is 9. The monoisotopic (exact) mass is 1820 g/mol. The number of benzene rings is 6. The number of carbonyl (C=O) groups excluding carboxylic acids is 9. The van der Waals surface area contributed by atoms with E-state index in [1.54, 1.807) is 31.2 Å². The van der Waals surface area contributed by atoms with E-state index >= 15 is 24.0 Å². The smallest absolute Gasteiger partial charge is 0.349 e. The molecule has 7 aliphatic rings. The lowest BCUT2D eigenvalue weighted by molar-refractivity contribution is -0.334. The molecule has 0 unspecified atom stereocenters. The number of aliphatic hydroxyl groups is 6. The summed E-state index contributed by atoms with van der Waals surface area (Å²) < 4.78 is 40.7. The Balaban J connectivity index is 0.997. The number of hydrazine groups is 1. The topological polar surface area (TPSA) is 608 Å². The Morgan fingerprint density at radius 2 is 1.39 bits per heavy atom. The number of nitrogens with one attached hydrogen (secondary N) is 11. The van der Waals surface area contributed by atoms with Crippen LogP contribution < -0.4 is 84.3 Å². The first-order valence-corrected chi connectivity index (χ1v) is 41.0. The molecule has 11 bridgehead atoms. The fourth-order valence-electron chi connectivity index (χ4n) is 15.0. The molecule has 0 aliphatic carbocycles. The zero-order valence-electron chi connectivity index (χ0n) is 68.3. The molecule has 43 heteroatoms. The summed E-state index contributed by atoms with van der Waals surface area (Å²) in [5, 5.41) is 139. The third kappa shape index (κ3) is 21.9. The predicted molar refractivity (Wildman–Crippen MR) is 449 cm³/mol. The molecule has 8 heterocycles. The van der Waals surface area contributed by atoms with Crippen LogP contribution in [-0.4, -0.2) is 214 Å². The van der Waals surface area contributed by atoms with Gasteiger partial charge in [0.15, 0.2) is 23.9 Å². The summed E-state index contributed by atoms with van der Waals surface area (Å²) >= 11 is 20.4. The van der Waals surface area contributed by atoms with Crippen molar-refractivity contribution < 1.29 is 118 Å². The van der Waals surface area contributed by atoms with Gasteiger partial charge in [-0.15, -0.1) is 0 Å². The maximum Gasteiger partial charge on any atom is 0.349 e. The first-order chi connectivity index (χ1) is 60.4. The predicted octanol–water partition coefficient (Wildman–Crippen LogP) is 1.75. The van der Waals surface area contributed by atoms with Crippen molar-refractivity contribution >= 4 is 99.9 Å². The molecule has 22 N–H and O–H groups in total. The number of halogens is 3. The van der Waals surface area contributed by atoms with Gasteiger partial charge in [0.1, 0.15) is 101 Å². The van der Waals surface area contributed by atoms with E-state index in [4.69, 9.17) is 69.0 Å². The fraction of sp³-hybridized carbons (Fsp3) is 0.381. The molecule has 674 valence electrons. The molecule has 9 amide bonds. The zero-order valence-corrected chi connectivity index (χ0v) is 70.6. The first kappa shape index (κ1) is 94.0. The minimum atomic E-state index is -2.40. The summed E-state index contributed by atoms with van der Waals surface area (Å²) in [5.41, 5.74) is 6.43. The van der Waals surface area contributed by atoms with Crippen LogP contribution >= 0.6 is 34.8 Å². The minimum Gasteiger partial charge on any atom is -0.508 e. The lowest BCUT2D eigenvalue weighted by Gasteiger charge is -2.48. The maximum absolute atomic E-state index is 16.3. The number of phenolic OH excluding ortho intramolecular Hbond substituents is 3. The number of aliphatic hydroxyl groups excluding tert-OH is 6. The molecule has 1 aromatic heterocycles. The van der Waals surface area contributed by atoms with Crippen LogP contribution in [0.5, 0.6) is 46.0 Å². The minimum absolute atomic E-state index is 0.0377. The van der Waals surface area contributed by atoms with Gasteiger partial charge in [-0.05, 0) is 145 Å². The number of nitrogens with two attached hydrogens (primary N) is 1. The number of aromatic nitrogens is 2. The highest BCUT2D eigenvalue weighted by atomic mass is 35.5. The molecule has 40 nitrogen and oxygen atoms in total. The molecule has 7 aliphatic heterocycles. The Kier molecular flexibility index (Phi) is 30.1. The molecule has 0 spiro atoms. The summed E-state index contributed by atoms with van der Waals surface area (Å²) in [7, 11) is 1.47. The van der Waals surface area contributed by atoms with E-state index in [-0.39, 0.29) is 73.1 Å². The molecule has 0 radical (unpaired) electrons. The van der Waals surface area contributed by atoms with Crippen LogP contribution in [0.4, 0.5) is 5.82 Å². The van der Waals surface area contributed by atoms with Crippen molar-refractivity contribution in [3.63, 3.8) is 0 Å². The van der Waals surface area contributed by atoms with Crippen molar-refractivity contribution in [2.45, 2.75) is 169 Å². The number of hydrogen-bond donors (Lipinski definition) is 21.